The molecule has 0 heterocycles. The molecule has 0 aliphatic rings. The van der Waals surface area contributed by atoms with E-state index >= 15 is 0 Å². The predicted molar refractivity (Wildman–Crippen MR) is 54.6 cm³/mol. The van der Waals surface area contributed by atoms with Gasteiger partial charge in [0.2, 0.25) is 10.0 Å². The molecule has 10 heteroatoms. The normalized spacial score (nSPS) is 16.3. The van der Waals surface area contributed by atoms with E-state index in [0.29, 0.717) is 0 Å². The van der Waals surface area contributed by atoms with Gasteiger partial charge in [-0.15, -0.1) is 0 Å². The number of sulfonamides is 1. The van der Waals surface area contributed by atoms with Gasteiger partial charge in [0.1, 0.15) is 0 Å². The number of amidine groups is 1. The number of nitrogens with one attached hydrogen (secondary N) is 1. The second kappa shape index (κ2) is 4.77. The minimum atomic E-state index is -4.00. The Balaban J connectivity index is 4.68. The quantitative estimate of drug-likeness (QED) is 0.227. The first-order valence-electron chi connectivity index (χ1n) is 3.72. The lowest BCUT2D eigenvalue weighted by molar-refractivity contribution is 0.316. The Morgan fingerprint density at radius 1 is 1.47 bits per heavy atom. The van der Waals surface area contributed by atoms with Crippen molar-refractivity contribution in [3.63, 3.8) is 0 Å². The number of nitrogens with zero attached hydrogens (tertiary/aromatic N) is 1. The zero-order chi connectivity index (χ0) is 12.3. The number of rotatable bonds is 5. The summed E-state index contributed by atoms with van der Waals surface area (Å²) in [5.41, 5.74) is 5.11. The molecule has 0 fully saturated rings. The summed E-state index contributed by atoms with van der Waals surface area (Å²) in [6.07, 6.45) is 0.792. The van der Waals surface area contributed by atoms with Crippen LogP contribution in [0.15, 0.2) is 5.16 Å². The molecule has 0 saturated heterocycles. The van der Waals surface area contributed by atoms with Crippen molar-refractivity contribution < 1.29 is 22.0 Å². The fraction of sp³-hybridized carbons (Fsp3) is 0.800. The molecule has 0 radical (unpaired) electrons. The summed E-state index contributed by atoms with van der Waals surface area (Å²) in [7, 11) is -7.66. The van der Waals surface area contributed by atoms with Gasteiger partial charge in [0.15, 0.2) is 20.8 Å². The fourth-order valence-electron chi connectivity index (χ4n) is 0.732. The van der Waals surface area contributed by atoms with E-state index in [9.17, 15) is 16.8 Å². The topological polar surface area (TPSA) is 139 Å². The van der Waals surface area contributed by atoms with Gasteiger partial charge >= 0.3 is 0 Å². The summed E-state index contributed by atoms with van der Waals surface area (Å²) in [5, 5.41) is 9.79. The monoisotopic (exact) mass is 259 g/mol. The molecular formula is C5H13N3O5S2. The Bertz CT molecular complexity index is 437. The fourth-order valence-corrected chi connectivity index (χ4v) is 3.92. The maximum atomic E-state index is 11.2. The van der Waals surface area contributed by atoms with Gasteiger partial charge in [0, 0.05) is 6.26 Å². The molecule has 4 N–H and O–H groups in total. The summed E-state index contributed by atoms with van der Waals surface area (Å²) in [4.78, 5) is 0. The molecule has 0 aromatic rings. The minimum Gasteiger partial charge on any atom is -0.409 e. The van der Waals surface area contributed by atoms with E-state index in [1.807, 2.05) is 4.72 Å². The second-order valence-electron chi connectivity index (χ2n) is 3.02. The summed E-state index contributed by atoms with van der Waals surface area (Å²) in [6, 6.07) is -0.971. The molecule has 0 aromatic carbocycles. The maximum absolute atomic E-state index is 11.2. The van der Waals surface area contributed by atoms with Gasteiger partial charge < -0.3 is 10.9 Å². The van der Waals surface area contributed by atoms with E-state index in [4.69, 9.17) is 10.9 Å². The van der Waals surface area contributed by atoms with E-state index in [-0.39, 0.29) is 5.84 Å². The molecule has 90 valence electrons. The van der Waals surface area contributed by atoms with Crippen molar-refractivity contribution in [2.24, 2.45) is 10.9 Å². The van der Waals surface area contributed by atoms with E-state index < -0.39 is 31.0 Å². The Kier molecular flexibility index (Phi) is 4.49. The highest BCUT2D eigenvalue weighted by atomic mass is 32.3. The molecule has 15 heavy (non-hydrogen) atoms. The number of sulfone groups is 1. The van der Waals surface area contributed by atoms with E-state index in [2.05, 4.69) is 5.16 Å². The zero-order valence-corrected chi connectivity index (χ0v) is 9.84. The lowest BCUT2D eigenvalue weighted by Crippen LogP contribution is -2.44. The van der Waals surface area contributed by atoms with Crippen LogP contribution in [0.25, 0.3) is 0 Å². The molecule has 0 aliphatic carbocycles. The van der Waals surface area contributed by atoms with E-state index in [1.165, 1.54) is 6.92 Å². The summed E-state index contributed by atoms with van der Waals surface area (Å²) >= 11 is 0. The second-order valence-corrected chi connectivity index (χ2v) is 7.28. The van der Waals surface area contributed by atoms with Crippen molar-refractivity contribution in [3.05, 3.63) is 0 Å². The van der Waals surface area contributed by atoms with E-state index in [1.54, 1.807) is 0 Å². The van der Waals surface area contributed by atoms with Crippen LogP contribution in [-0.4, -0.2) is 45.3 Å². The summed E-state index contributed by atoms with van der Waals surface area (Å²) in [5.74, 6) is -0.355. The molecule has 0 bridgehead atoms. The van der Waals surface area contributed by atoms with Crippen LogP contribution in [0, 0.1) is 0 Å². The van der Waals surface area contributed by atoms with Gasteiger partial charge in [-0.25, -0.2) is 21.6 Å². The first-order chi connectivity index (χ1) is 6.57. The maximum Gasteiger partial charge on any atom is 0.226 e. The molecule has 0 aliphatic heterocycles. The van der Waals surface area contributed by atoms with Gasteiger partial charge in [-0.2, -0.15) is 0 Å². The third-order valence-corrected chi connectivity index (χ3v) is 4.95. The first-order valence-corrected chi connectivity index (χ1v) is 7.44. The number of hydrogen-bond acceptors (Lipinski definition) is 6. The average molecular weight is 259 g/mol. The Morgan fingerprint density at radius 3 is 2.27 bits per heavy atom. The highest BCUT2D eigenvalue weighted by Gasteiger charge is 2.21. The van der Waals surface area contributed by atoms with Crippen LogP contribution in [0.4, 0.5) is 0 Å². The molecule has 1 atom stereocenters. The van der Waals surface area contributed by atoms with Crippen molar-refractivity contribution in [3.8, 4) is 0 Å². The lowest BCUT2D eigenvalue weighted by atomic mass is 10.3. The molecular weight excluding hydrogens is 246 g/mol. The predicted octanol–water partition coefficient (Wildman–Crippen LogP) is -1.96. The third kappa shape index (κ3) is 6.25. The molecule has 0 saturated carbocycles. The molecule has 0 rings (SSSR count). The van der Waals surface area contributed by atoms with Gasteiger partial charge in [0.05, 0.1) is 6.04 Å². The van der Waals surface area contributed by atoms with Gasteiger partial charge in [0.25, 0.3) is 0 Å². The van der Waals surface area contributed by atoms with E-state index in [0.717, 1.165) is 6.26 Å². The standard InChI is InChI=1S/C5H13N3O5S2/c1-4(5(6)7-9)8-15(12,13)3-14(2,10)11/h4,8-9H,3H2,1-2H3,(H2,6,7). The average Bonchev–Trinajstić information content (AvgIpc) is 1.96. The Labute approximate surface area is 88.1 Å². The molecule has 0 spiro atoms. The highest BCUT2D eigenvalue weighted by Crippen LogP contribution is 1.94. The highest BCUT2D eigenvalue weighted by molar-refractivity contribution is 8.06. The molecule has 1 unspecified atom stereocenters. The van der Waals surface area contributed by atoms with Crippen molar-refractivity contribution in [2.45, 2.75) is 13.0 Å². The van der Waals surface area contributed by atoms with Gasteiger partial charge in [-0.1, -0.05) is 5.16 Å². The van der Waals surface area contributed by atoms with Crippen molar-refractivity contribution >= 4 is 25.7 Å². The van der Waals surface area contributed by atoms with Crippen LogP contribution in [0.2, 0.25) is 0 Å². The van der Waals surface area contributed by atoms with Crippen LogP contribution in [0.5, 0.6) is 0 Å². The minimum absolute atomic E-state index is 0.355. The number of hydrogen-bond donors (Lipinski definition) is 3. The van der Waals surface area contributed by atoms with Crippen LogP contribution in [-0.2, 0) is 19.9 Å². The summed E-state index contributed by atoms with van der Waals surface area (Å²) in [6.45, 7) is 1.31. The molecule has 8 nitrogen and oxygen atoms in total. The Hall–Kier alpha value is -0.870. The number of nitrogens with two attached hydrogens (primary N) is 1. The van der Waals surface area contributed by atoms with Crippen molar-refractivity contribution in [2.75, 3.05) is 11.3 Å². The smallest absolute Gasteiger partial charge is 0.226 e. The first kappa shape index (κ1) is 14.1. The van der Waals surface area contributed by atoms with Gasteiger partial charge in [-0.3, -0.25) is 0 Å². The van der Waals surface area contributed by atoms with Crippen LogP contribution >= 0.6 is 0 Å². The van der Waals surface area contributed by atoms with Crippen LogP contribution in [0.1, 0.15) is 6.92 Å². The summed E-state index contributed by atoms with van der Waals surface area (Å²) < 4.78 is 45.8. The lowest BCUT2D eigenvalue weighted by Gasteiger charge is -2.11. The van der Waals surface area contributed by atoms with Crippen molar-refractivity contribution in [1.82, 2.24) is 4.72 Å². The van der Waals surface area contributed by atoms with Crippen molar-refractivity contribution in [1.29, 1.82) is 0 Å². The number of oxime groups is 1. The van der Waals surface area contributed by atoms with Crippen LogP contribution < -0.4 is 10.5 Å². The Morgan fingerprint density at radius 2 is 1.93 bits per heavy atom. The third-order valence-electron chi connectivity index (χ3n) is 1.28. The zero-order valence-electron chi connectivity index (χ0n) is 8.21. The SMILES string of the molecule is CC(NS(=O)(=O)CS(C)(=O)=O)C(N)=NO. The molecule has 0 amide bonds. The van der Waals surface area contributed by atoms with Crippen LogP contribution in [0.3, 0.4) is 0 Å². The largest absolute Gasteiger partial charge is 0.409 e. The molecule has 0 aromatic heterocycles. The van der Waals surface area contributed by atoms with Gasteiger partial charge in [-0.05, 0) is 6.92 Å².